The van der Waals surface area contributed by atoms with Crippen molar-refractivity contribution in [3.63, 3.8) is 0 Å². The molecule has 51 heavy (non-hydrogen) atoms. The molecule has 6 aliphatic heterocycles. The van der Waals surface area contributed by atoms with Crippen molar-refractivity contribution in [1.82, 2.24) is 9.13 Å². The van der Waals surface area contributed by atoms with Gasteiger partial charge in [0, 0.05) is 36.5 Å². The molecule has 0 saturated carbocycles. The van der Waals surface area contributed by atoms with Gasteiger partial charge in [-0.1, -0.05) is 116 Å². The fourth-order valence-corrected chi connectivity index (χ4v) is 9.35. The maximum atomic E-state index is 6.25. The lowest BCUT2D eigenvalue weighted by atomic mass is 9.95. The second-order valence-electron chi connectivity index (χ2n) is 15.0. The van der Waals surface area contributed by atoms with Gasteiger partial charge in [0.25, 0.3) is 0 Å². The van der Waals surface area contributed by atoms with E-state index in [1.807, 2.05) is 0 Å². The van der Waals surface area contributed by atoms with Crippen LogP contribution >= 0.6 is 0 Å². The molecule has 1 atom stereocenters. The van der Waals surface area contributed by atoms with Gasteiger partial charge in [-0.15, -0.1) is 0 Å². The topological polar surface area (TPSA) is 25.1 Å². The van der Waals surface area contributed by atoms with Crippen molar-refractivity contribution in [3.8, 4) is 5.75 Å². The third kappa shape index (κ3) is 4.46. The number of hydrogen-bond acceptors (Lipinski definition) is 1. The quantitative estimate of drug-likeness (QED) is 0.0981. The highest BCUT2D eigenvalue weighted by Gasteiger charge is 2.71. The number of allylic oxidation sites excluding steroid dienone is 4. The molecular formula is C46H46N4O+2. The van der Waals surface area contributed by atoms with Crippen molar-refractivity contribution in [3.05, 3.63) is 147 Å². The second-order valence-corrected chi connectivity index (χ2v) is 15.0. The van der Waals surface area contributed by atoms with Crippen LogP contribution in [-0.4, -0.2) is 36.3 Å². The smallest absolute Gasteiger partial charge is 0.494 e. The van der Waals surface area contributed by atoms with Gasteiger partial charge >= 0.3 is 5.91 Å². The van der Waals surface area contributed by atoms with E-state index in [-0.39, 0.29) is 0 Å². The van der Waals surface area contributed by atoms with Gasteiger partial charge < -0.3 is 4.74 Å². The minimum atomic E-state index is -0.635. The lowest BCUT2D eigenvalue weighted by Gasteiger charge is -2.39. The standard InChI is InChI=1S/C46H46N4O/c1-3-4-5-6-7-8-9-10-11-12-29-51-39-23-17-34(18-24-39)45-42-27-21-37-30-35-19-25-40-44(33-15-13-32(2)14-16-33)41-26-20-36-31-38-22-28-43(45)50(38)46(47(35)40,48(36)41)49(37)42/h13-28,30-31H,3-12,29H2,1-2H3/q+2/t46-/m0/s1. The highest BCUT2D eigenvalue weighted by molar-refractivity contribution is 6.27. The summed E-state index contributed by atoms with van der Waals surface area (Å²) in [6.07, 6.45) is 27.3. The van der Waals surface area contributed by atoms with Crippen LogP contribution in [0.25, 0.3) is 23.3 Å². The Morgan fingerprint density at radius 3 is 2.14 bits per heavy atom. The Morgan fingerprint density at radius 1 is 0.627 bits per heavy atom. The van der Waals surface area contributed by atoms with E-state index in [4.69, 9.17) is 4.74 Å². The zero-order valence-electron chi connectivity index (χ0n) is 29.9. The van der Waals surface area contributed by atoms with Crippen LogP contribution in [0, 0.1) is 6.92 Å². The van der Waals surface area contributed by atoms with E-state index >= 15 is 0 Å². The molecule has 5 nitrogen and oxygen atoms in total. The molecule has 0 radical (unpaired) electrons. The first-order chi connectivity index (χ1) is 25.2. The number of rotatable bonds is 14. The van der Waals surface area contributed by atoms with E-state index in [9.17, 15) is 0 Å². The van der Waals surface area contributed by atoms with Gasteiger partial charge in [-0.2, -0.15) is 9.13 Å². The molecule has 0 aliphatic carbocycles. The number of benzene rings is 2. The summed E-state index contributed by atoms with van der Waals surface area (Å²) in [4.78, 5) is 0. The van der Waals surface area contributed by atoms with Gasteiger partial charge in [-0.25, -0.2) is 0 Å². The molecule has 0 amide bonds. The van der Waals surface area contributed by atoms with Crippen LogP contribution < -0.4 is 15.4 Å². The van der Waals surface area contributed by atoms with Gasteiger partial charge in [0.05, 0.1) is 39.8 Å². The lowest BCUT2D eigenvalue weighted by Crippen LogP contribution is -2.70. The van der Waals surface area contributed by atoms with Gasteiger partial charge in [0.1, 0.15) is 5.75 Å². The van der Waals surface area contributed by atoms with Crippen molar-refractivity contribution >= 4 is 34.7 Å². The lowest BCUT2D eigenvalue weighted by molar-refractivity contribution is -0.834. The third-order valence-electron chi connectivity index (χ3n) is 11.7. The van der Waals surface area contributed by atoms with Crippen LogP contribution in [0.4, 0.5) is 0 Å². The van der Waals surface area contributed by atoms with E-state index in [0.717, 1.165) is 18.8 Å². The molecule has 0 bridgehead atoms. The number of aryl methyl sites for hydroxylation is 1. The summed E-state index contributed by atoms with van der Waals surface area (Å²) < 4.78 is 16.6. The predicted octanol–water partition coefficient (Wildman–Crippen LogP) is 8.19. The minimum Gasteiger partial charge on any atom is -0.494 e. The fraction of sp³-hybridized carbons (Fsp3) is 0.304. The Morgan fingerprint density at radius 2 is 1.35 bits per heavy atom. The Hall–Kier alpha value is -5.16. The molecule has 8 heterocycles. The monoisotopic (exact) mass is 670 g/mol. The number of unbranched alkanes of at least 4 members (excludes halogenated alkanes) is 9. The Labute approximate surface area is 300 Å². The number of hydrogen-bond donors (Lipinski definition) is 0. The largest absolute Gasteiger partial charge is 0.553 e. The summed E-state index contributed by atoms with van der Waals surface area (Å²) >= 11 is 0. The average molecular weight is 671 g/mol. The van der Waals surface area contributed by atoms with Crippen molar-refractivity contribution in [1.29, 1.82) is 0 Å². The van der Waals surface area contributed by atoms with Crippen LogP contribution in [0.1, 0.15) is 99.2 Å². The molecule has 5 heteroatoms. The van der Waals surface area contributed by atoms with E-state index in [1.165, 1.54) is 131 Å². The maximum absolute atomic E-state index is 6.25. The van der Waals surface area contributed by atoms with Crippen LogP contribution in [0.15, 0.2) is 108 Å². The van der Waals surface area contributed by atoms with Crippen LogP contribution in [0.5, 0.6) is 5.75 Å². The van der Waals surface area contributed by atoms with Crippen molar-refractivity contribution in [2.75, 3.05) is 6.61 Å². The van der Waals surface area contributed by atoms with Gasteiger partial charge in [0.2, 0.25) is 22.8 Å². The fourth-order valence-electron chi connectivity index (χ4n) is 9.35. The van der Waals surface area contributed by atoms with Crippen molar-refractivity contribution in [2.24, 2.45) is 0 Å². The maximum Gasteiger partial charge on any atom is 0.553 e. The molecule has 6 aliphatic rings. The summed E-state index contributed by atoms with van der Waals surface area (Å²) in [6, 6.07) is 27.1. The summed E-state index contributed by atoms with van der Waals surface area (Å²) in [5, 5.41) is 2.46. The Kier molecular flexibility index (Phi) is 7.19. The second kappa shape index (κ2) is 12.0. The molecule has 0 N–H and O–H groups in total. The zero-order chi connectivity index (χ0) is 34.1. The summed E-state index contributed by atoms with van der Waals surface area (Å²) in [7, 11) is 0. The molecule has 10 rings (SSSR count). The summed E-state index contributed by atoms with van der Waals surface area (Å²) in [5.41, 5.74) is 13.6. The first-order valence-electron chi connectivity index (χ1n) is 19.3. The van der Waals surface area contributed by atoms with Crippen LogP contribution in [-0.2, 0) is 5.91 Å². The van der Waals surface area contributed by atoms with Gasteiger partial charge in [-0.3, -0.25) is 0 Å². The number of ether oxygens (including phenoxy) is 1. The van der Waals surface area contributed by atoms with E-state index in [1.54, 1.807) is 0 Å². The van der Waals surface area contributed by atoms with Crippen LogP contribution in [0.3, 0.4) is 0 Å². The SMILES string of the molecule is CCCCCCCCCCCCOc1ccc(C2=C3C=CC4=[N+]3[C@@]35n6c(ccc62)C=C2C=CC(=[N+]23)C(c2ccc(C)cc2)=c2ccc(n25)=C4)cc1. The molecule has 0 fully saturated rings. The number of aromatic nitrogens is 2. The molecule has 2 aromatic heterocycles. The zero-order valence-corrected chi connectivity index (χ0v) is 29.9. The Bertz CT molecular complexity index is 2420. The molecule has 1 spiro atoms. The van der Waals surface area contributed by atoms with E-state index in [0.29, 0.717) is 0 Å². The van der Waals surface area contributed by atoms with Crippen molar-refractivity contribution in [2.45, 2.75) is 84.0 Å². The summed E-state index contributed by atoms with van der Waals surface area (Å²) in [6.45, 7) is 5.23. The highest BCUT2D eigenvalue weighted by atomic mass is 16.5. The first-order valence-corrected chi connectivity index (χ1v) is 19.3. The molecule has 0 unspecified atom stereocenters. The molecule has 0 saturated heterocycles. The normalized spacial score (nSPS) is 19.6. The third-order valence-corrected chi connectivity index (χ3v) is 11.7. The Balaban J connectivity index is 0.983. The van der Waals surface area contributed by atoms with Crippen LogP contribution in [0.2, 0.25) is 0 Å². The van der Waals surface area contributed by atoms with E-state index in [2.05, 4.69) is 141 Å². The van der Waals surface area contributed by atoms with Gasteiger partial charge in [-0.05, 0) is 60.9 Å². The van der Waals surface area contributed by atoms with E-state index < -0.39 is 5.91 Å². The first kappa shape index (κ1) is 30.6. The molecule has 2 aromatic carbocycles. The highest BCUT2D eigenvalue weighted by Crippen LogP contribution is 2.49. The molecular weight excluding hydrogens is 625 g/mol. The van der Waals surface area contributed by atoms with Crippen molar-refractivity contribution < 1.29 is 13.9 Å². The molecule has 254 valence electrons. The predicted molar refractivity (Wildman–Crippen MR) is 206 cm³/mol. The summed E-state index contributed by atoms with van der Waals surface area (Å²) in [5.74, 6) is 0.317. The number of nitrogens with zero attached hydrogens (tertiary/aromatic N) is 4. The van der Waals surface area contributed by atoms with Gasteiger partial charge in [0.15, 0.2) is 0 Å². The molecule has 4 aromatic rings. The average Bonchev–Trinajstić information content (AvgIpc) is 3.97. The minimum absolute atomic E-state index is 0.635.